The molecule has 0 spiro atoms. The van der Waals surface area contributed by atoms with Crippen molar-refractivity contribution in [2.24, 2.45) is 5.92 Å². The van der Waals surface area contributed by atoms with E-state index in [4.69, 9.17) is 0 Å². The van der Waals surface area contributed by atoms with Gasteiger partial charge in [-0.05, 0) is 0 Å². The van der Waals surface area contributed by atoms with Crippen LogP contribution in [0.4, 0.5) is 5.13 Å². The minimum absolute atomic E-state index is 0.0173. The Kier molecular flexibility index (Phi) is 3.03. The SMILES string of the molecule is C=CC1CC(=O)N(c2nnc(C(C)(C)C)s2)C1. The van der Waals surface area contributed by atoms with Crippen LogP contribution >= 0.6 is 11.3 Å². The van der Waals surface area contributed by atoms with Crippen LogP contribution < -0.4 is 4.90 Å². The first-order valence-electron chi connectivity index (χ1n) is 5.68. The first kappa shape index (κ1) is 12.2. The lowest BCUT2D eigenvalue weighted by atomic mass is 9.98. The Balaban J connectivity index is 2.21. The monoisotopic (exact) mass is 251 g/mol. The lowest BCUT2D eigenvalue weighted by Crippen LogP contribution is -2.24. The largest absolute Gasteiger partial charge is 0.286 e. The van der Waals surface area contributed by atoms with Crippen molar-refractivity contribution < 1.29 is 4.79 Å². The Bertz CT molecular complexity index is 447. The third kappa shape index (κ3) is 2.39. The van der Waals surface area contributed by atoms with Gasteiger partial charge in [-0.25, -0.2) is 0 Å². The number of amides is 1. The zero-order valence-corrected chi connectivity index (χ0v) is 11.3. The van der Waals surface area contributed by atoms with Crippen molar-refractivity contribution in [3.05, 3.63) is 17.7 Å². The summed E-state index contributed by atoms with van der Waals surface area (Å²) in [7, 11) is 0. The maximum absolute atomic E-state index is 11.8. The second-order valence-electron chi connectivity index (χ2n) is 5.34. The summed E-state index contributed by atoms with van der Waals surface area (Å²) in [5.41, 5.74) is -0.0173. The summed E-state index contributed by atoms with van der Waals surface area (Å²) < 4.78 is 0. The van der Waals surface area contributed by atoms with Gasteiger partial charge in [0.1, 0.15) is 5.01 Å². The molecule has 2 heterocycles. The van der Waals surface area contributed by atoms with Crippen molar-refractivity contribution in [2.45, 2.75) is 32.6 Å². The minimum Gasteiger partial charge on any atom is -0.286 e. The van der Waals surface area contributed by atoms with Gasteiger partial charge in [0.05, 0.1) is 0 Å². The number of hydrogen-bond acceptors (Lipinski definition) is 4. The number of nitrogens with zero attached hydrogens (tertiary/aromatic N) is 3. The zero-order chi connectivity index (χ0) is 12.6. The summed E-state index contributed by atoms with van der Waals surface area (Å²) in [6, 6.07) is 0. The van der Waals surface area contributed by atoms with Crippen molar-refractivity contribution in [3.63, 3.8) is 0 Å². The van der Waals surface area contributed by atoms with Crippen molar-refractivity contribution in [1.82, 2.24) is 10.2 Å². The van der Waals surface area contributed by atoms with Gasteiger partial charge in [0.2, 0.25) is 11.0 Å². The molecule has 92 valence electrons. The molecule has 0 N–H and O–H groups in total. The van der Waals surface area contributed by atoms with Crippen LogP contribution in [-0.2, 0) is 10.2 Å². The summed E-state index contributed by atoms with van der Waals surface area (Å²) >= 11 is 1.50. The molecule has 0 radical (unpaired) electrons. The molecule has 1 aliphatic rings. The lowest BCUT2D eigenvalue weighted by Gasteiger charge is -2.13. The van der Waals surface area contributed by atoms with Crippen molar-refractivity contribution in [2.75, 3.05) is 11.4 Å². The number of carbonyl (C=O) groups excluding carboxylic acids is 1. The fourth-order valence-electron chi connectivity index (χ4n) is 1.71. The van der Waals surface area contributed by atoms with E-state index in [0.29, 0.717) is 18.1 Å². The maximum atomic E-state index is 11.8. The van der Waals surface area contributed by atoms with Gasteiger partial charge in [0.15, 0.2) is 0 Å². The number of aromatic nitrogens is 2. The summed E-state index contributed by atoms with van der Waals surface area (Å²) in [4.78, 5) is 13.5. The molecule has 1 fully saturated rings. The Hall–Kier alpha value is -1.23. The zero-order valence-electron chi connectivity index (χ0n) is 10.4. The van der Waals surface area contributed by atoms with E-state index in [1.54, 1.807) is 4.90 Å². The molecular formula is C12H17N3OS. The van der Waals surface area contributed by atoms with Crippen LogP contribution in [0.15, 0.2) is 12.7 Å². The molecule has 1 saturated heterocycles. The van der Waals surface area contributed by atoms with Crippen LogP contribution in [0.2, 0.25) is 0 Å². The number of hydrogen-bond donors (Lipinski definition) is 0. The Morgan fingerprint density at radius 2 is 2.18 bits per heavy atom. The highest BCUT2D eigenvalue weighted by molar-refractivity contribution is 7.15. The van der Waals surface area contributed by atoms with E-state index in [1.165, 1.54) is 11.3 Å². The summed E-state index contributed by atoms with van der Waals surface area (Å²) in [6.45, 7) is 10.7. The van der Waals surface area contributed by atoms with Gasteiger partial charge in [0, 0.05) is 24.3 Å². The van der Waals surface area contributed by atoms with Crippen molar-refractivity contribution in [1.29, 1.82) is 0 Å². The highest BCUT2D eigenvalue weighted by atomic mass is 32.1. The fraction of sp³-hybridized carbons (Fsp3) is 0.583. The van der Waals surface area contributed by atoms with Crippen LogP contribution in [0.5, 0.6) is 0 Å². The van der Waals surface area contributed by atoms with E-state index in [1.807, 2.05) is 6.08 Å². The molecule has 0 aromatic carbocycles. The number of carbonyl (C=O) groups is 1. The normalized spacial score (nSPS) is 21.0. The molecule has 0 aliphatic carbocycles. The minimum atomic E-state index is -0.0173. The molecular weight excluding hydrogens is 234 g/mol. The van der Waals surface area contributed by atoms with Crippen LogP contribution in [0, 0.1) is 5.92 Å². The Morgan fingerprint density at radius 1 is 1.47 bits per heavy atom. The molecule has 17 heavy (non-hydrogen) atoms. The van der Waals surface area contributed by atoms with Crippen LogP contribution in [0.25, 0.3) is 0 Å². The summed E-state index contributed by atoms with van der Waals surface area (Å²) in [5, 5.41) is 9.96. The quantitative estimate of drug-likeness (QED) is 0.758. The fourth-order valence-corrected chi connectivity index (χ4v) is 2.63. The van der Waals surface area contributed by atoms with Crippen LogP contribution in [0.3, 0.4) is 0 Å². The predicted octanol–water partition coefficient (Wildman–Crippen LogP) is 2.37. The molecule has 5 heteroatoms. The topological polar surface area (TPSA) is 46.1 Å². The van der Waals surface area contributed by atoms with E-state index in [0.717, 1.165) is 5.01 Å². The molecule has 1 atom stereocenters. The highest BCUT2D eigenvalue weighted by Gasteiger charge is 2.32. The first-order chi connectivity index (χ1) is 7.91. The standard InChI is InChI=1S/C12H17N3OS/c1-5-8-6-9(16)15(7-8)11-14-13-10(17-11)12(2,3)4/h5,8H,1,6-7H2,2-4H3. The molecule has 0 bridgehead atoms. The molecule has 2 rings (SSSR count). The molecule has 1 aromatic rings. The lowest BCUT2D eigenvalue weighted by molar-refractivity contribution is -0.117. The van der Waals surface area contributed by atoms with Gasteiger partial charge in [-0.2, -0.15) is 0 Å². The van der Waals surface area contributed by atoms with E-state index >= 15 is 0 Å². The van der Waals surface area contributed by atoms with Crippen LogP contribution in [-0.4, -0.2) is 22.6 Å². The Labute approximate surface area is 105 Å². The third-order valence-electron chi connectivity index (χ3n) is 2.78. The average Bonchev–Trinajstić information content (AvgIpc) is 2.82. The third-order valence-corrected chi connectivity index (χ3v) is 4.15. The Morgan fingerprint density at radius 3 is 2.65 bits per heavy atom. The van der Waals surface area contributed by atoms with Gasteiger partial charge in [-0.1, -0.05) is 38.2 Å². The molecule has 4 nitrogen and oxygen atoms in total. The van der Waals surface area contributed by atoms with E-state index in [2.05, 4.69) is 37.5 Å². The molecule has 1 aliphatic heterocycles. The van der Waals surface area contributed by atoms with Gasteiger partial charge >= 0.3 is 0 Å². The average molecular weight is 251 g/mol. The van der Waals surface area contributed by atoms with Crippen LogP contribution in [0.1, 0.15) is 32.2 Å². The van der Waals surface area contributed by atoms with Gasteiger partial charge in [-0.15, -0.1) is 16.8 Å². The smallest absolute Gasteiger partial charge is 0.229 e. The predicted molar refractivity (Wildman–Crippen MR) is 69.3 cm³/mol. The number of anilines is 1. The van der Waals surface area contributed by atoms with Gasteiger partial charge < -0.3 is 0 Å². The van der Waals surface area contributed by atoms with E-state index < -0.39 is 0 Å². The van der Waals surface area contributed by atoms with E-state index in [9.17, 15) is 4.79 Å². The van der Waals surface area contributed by atoms with Gasteiger partial charge in [0.25, 0.3) is 0 Å². The van der Waals surface area contributed by atoms with E-state index in [-0.39, 0.29) is 17.2 Å². The highest BCUT2D eigenvalue weighted by Crippen LogP contribution is 2.32. The molecule has 1 unspecified atom stereocenters. The second-order valence-corrected chi connectivity index (χ2v) is 6.30. The summed E-state index contributed by atoms with van der Waals surface area (Å²) in [5.74, 6) is 0.357. The summed E-state index contributed by atoms with van der Waals surface area (Å²) in [6.07, 6.45) is 2.37. The molecule has 0 saturated carbocycles. The molecule has 1 aromatic heterocycles. The molecule has 1 amide bonds. The van der Waals surface area contributed by atoms with Gasteiger partial charge in [-0.3, -0.25) is 9.69 Å². The van der Waals surface area contributed by atoms with Crippen molar-refractivity contribution >= 4 is 22.4 Å². The van der Waals surface area contributed by atoms with Crippen molar-refractivity contribution in [3.8, 4) is 0 Å². The first-order valence-corrected chi connectivity index (χ1v) is 6.50. The second kappa shape index (κ2) is 4.22. The maximum Gasteiger partial charge on any atom is 0.229 e. The number of rotatable bonds is 2.